The molecule has 0 saturated heterocycles. The number of hydrogen-bond acceptors (Lipinski definition) is 6. The van der Waals surface area contributed by atoms with Gasteiger partial charge < -0.3 is 21.1 Å². The number of aliphatic carboxylic acids is 1. The summed E-state index contributed by atoms with van der Waals surface area (Å²) in [4.78, 5) is 33.1. The van der Waals surface area contributed by atoms with Crippen molar-refractivity contribution in [2.75, 3.05) is 19.4 Å². The van der Waals surface area contributed by atoms with Crippen LogP contribution < -0.4 is 11.1 Å². The summed E-state index contributed by atoms with van der Waals surface area (Å²) in [5, 5.41) is 12.7. The summed E-state index contributed by atoms with van der Waals surface area (Å²) >= 11 is 0. The van der Waals surface area contributed by atoms with E-state index in [1.54, 1.807) is 6.07 Å². The number of carboxylic acids is 1. The zero-order valence-electron chi connectivity index (χ0n) is 13.0. The van der Waals surface area contributed by atoms with Gasteiger partial charge in [-0.2, -0.15) is 0 Å². The average molecular weight is 317 g/mol. The zero-order valence-corrected chi connectivity index (χ0v) is 13.0. The first-order valence-corrected chi connectivity index (χ1v) is 7.05. The second kappa shape index (κ2) is 7.01. The van der Waals surface area contributed by atoms with Gasteiger partial charge in [-0.1, -0.05) is 12.1 Å². The Bertz CT molecular complexity index is 732. The molecule has 8 heteroatoms. The summed E-state index contributed by atoms with van der Waals surface area (Å²) < 4.78 is 0. The number of nitrogens with two attached hydrogens (primary N) is 1. The lowest BCUT2D eigenvalue weighted by Gasteiger charge is -2.17. The number of nitrogens with zero attached hydrogens (tertiary/aromatic N) is 3. The molecule has 1 aromatic carbocycles. The molecule has 1 atom stereocenters. The van der Waals surface area contributed by atoms with Gasteiger partial charge in [-0.3, -0.25) is 4.79 Å². The summed E-state index contributed by atoms with van der Waals surface area (Å²) in [5.74, 6) is -0.932. The van der Waals surface area contributed by atoms with Crippen molar-refractivity contribution in [2.45, 2.75) is 19.0 Å². The molecule has 0 aliphatic carbocycles. The summed E-state index contributed by atoms with van der Waals surface area (Å²) in [6.07, 6.45) is -0.323. The molecule has 122 valence electrons. The maximum Gasteiger partial charge on any atom is 0.326 e. The molecule has 1 aromatic heterocycles. The van der Waals surface area contributed by atoms with Crippen molar-refractivity contribution >= 4 is 28.6 Å². The van der Waals surface area contributed by atoms with E-state index >= 15 is 0 Å². The number of benzene rings is 1. The number of anilines is 1. The molecule has 1 unspecified atom stereocenters. The summed E-state index contributed by atoms with van der Waals surface area (Å²) in [7, 11) is 3.78. The summed E-state index contributed by atoms with van der Waals surface area (Å²) in [6.45, 7) is 0.507. The molecule has 4 N–H and O–H groups in total. The van der Waals surface area contributed by atoms with Crippen LogP contribution in [0.3, 0.4) is 0 Å². The number of aromatic nitrogens is 2. The highest BCUT2D eigenvalue weighted by molar-refractivity contribution is 5.92. The Morgan fingerprint density at radius 3 is 2.61 bits per heavy atom. The van der Waals surface area contributed by atoms with Crippen LogP contribution in [0, 0.1) is 0 Å². The van der Waals surface area contributed by atoms with Gasteiger partial charge in [0.15, 0.2) is 0 Å². The third-order valence-electron chi connectivity index (χ3n) is 3.12. The van der Waals surface area contributed by atoms with Crippen molar-refractivity contribution in [1.82, 2.24) is 14.9 Å². The molecule has 2 aromatic rings. The third-order valence-corrected chi connectivity index (χ3v) is 3.12. The number of nitrogens with one attached hydrogen (secondary N) is 1. The molecule has 0 radical (unpaired) electrons. The number of rotatable bonds is 7. The molecule has 8 nitrogen and oxygen atoms in total. The van der Waals surface area contributed by atoms with Crippen LogP contribution in [0.25, 0.3) is 10.9 Å². The van der Waals surface area contributed by atoms with Crippen molar-refractivity contribution in [1.29, 1.82) is 0 Å². The highest BCUT2D eigenvalue weighted by Crippen LogP contribution is 2.21. The van der Waals surface area contributed by atoms with Gasteiger partial charge in [-0.25, -0.2) is 14.8 Å². The molecule has 2 rings (SSSR count). The van der Waals surface area contributed by atoms with Gasteiger partial charge in [0.05, 0.1) is 18.5 Å². The third kappa shape index (κ3) is 4.36. The van der Waals surface area contributed by atoms with Gasteiger partial charge in [-0.05, 0) is 26.2 Å². The second-order valence-corrected chi connectivity index (χ2v) is 5.45. The van der Waals surface area contributed by atoms with E-state index < -0.39 is 17.9 Å². The maximum atomic E-state index is 11.3. The summed E-state index contributed by atoms with van der Waals surface area (Å²) in [5.41, 5.74) is 5.81. The average Bonchev–Trinajstić information content (AvgIpc) is 2.45. The van der Waals surface area contributed by atoms with Crippen LogP contribution in [0.2, 0.25) is 0 Å². The topological polar surface area (TPSA) is 121 Å². The first-order valence-electron chi connectivity index (χ1n) is 7.05. The smallest absolute Gasteiger partial charge is 0.326 e. The predicted molar refractivity (Wildman–Crippen MR) is 85.8 cm³/mol. The number of carbonyl (C=O) groups is 2. The van der Waals surface area contributed by atoms with E-state index in [1.165, 1.54) is 0 Å². The first-order chi connectivity index (χ1) is 10.9. The van der Waals surface area contributed by atoms with Gasteiger partial charge in [0, 0.05) is 5.39 Å². The Labute approximate surface area is 133 Å². The molecule has 1 heterocycles. The van der Waals surface area contributed by atoms with E-state index in [1.807, 2.05) is 37.2 Å². The number of fused-ring (bicyclic) bond motifs is 1. The minimum atomic E-state index is -1.17. The van der Waals surface area contributed by atoms with Crippen LogP contribution in [-0.2, 0) is 16.1 Å². The van der Waals surface area contributed by atoms with E-state index in [-0.39, 0.29) is 6.42 Å². The monoisotopic (exact) mass is 317 g/mol. The van der Waals surface area contributed by atoms with Crippen LogP contribution in [0.5, 0.6) is 0 Å². The molecule has 23 heavy (non-hydrogen) atoms. The lowest BCUT2D eigenvalue weighted by atomic mass is 10.1. The SMILES string of the molecule is CN(C)Cc1nc(NC(CC(N)=O)C(=O)O)c2ccccc2n1. The molecule has 0 saturated carbocycles. The molecule has 1 amide bonds. The lowest BCUT2D eigenvalue weighted by Crippen LogP contribution is -2.34. The number of carboxylic acid groups (broad SMARTS) is 1. The number of carbonyl (C=O) groups excluding carboxylic acids is 1. The van der Waals surface area contributed by atoms with E-state index in [9.17, 15) is 14.7 Å². The molecule has 0 bridgehead atoms. The summed E-state index contributed by atoms with van der Waals surface area (Å²) in [6, 6.07) is 6.13. The second-order valence-electron chi connectivity index (χ2n) is 5.45. The molecule has 0 fully saturated rings. The van der Waals surface area contributed by atoms with Crippen LogP contribution >= 0.6 is 0 Å². The van der Waals surface area contributed by atoms with Crippen molar-refractivity contribution in [2.24, 2.45) is 5.73 Å². The normalized spacial score (nSPS) is 12.3. The van der Waals surface area contributed by atoms with Crippen LogP contribution in [0.1, 0.15) is 12.2 Å². The quantitative estimate of drug-likeness (QED) is 0.677. The van der Waals surface area contributed by atoms with E-state index in [2.05, 4.69) is 15.3 Å². The fourth-order valence-electron chi connectivity index (χ4n) is 2.15. The van der Waals surface area contributed by atoms with Gasteiger partial charge in [-0.15, -0.1) is 0 Å². The molecule has 0 aliphatic heterocycles. The minimum Gasteiger partial charge on any atom is -0.480 e. The van der Waals surface area contributed by atoms with Gasteiger partial charge >= 0.3 is 5.97 Å². The lowest BCUT2D eigenvalue weighted by molar-refractivity contribution is -0.139. The van der Waals surface area contributed by atoms with Crippen molar-refractivity contribution < 1.29 is 14.7 Å². The van der Waals surface area contributed by atoms with Crippen molar-refractivity contribution in [3.8, 4) is 0 Å². The highest BCUT2D eigenvalue weighted by atomic mass is 16.4. The fraction of sp³-hybridized carbons (Fsp3) is 0.333. The van der Waals surface area contributed by atoms with Crippen LogP contribution in [0.4, 0.5) is 5.82 Å². The Morgan fingerprint density at radius 2 is 2.00 bits per heavy atom. The van der Waals surface area contributed by atoms with Gasteiger partial charge in [0.1, 0.15) is 17.7 Å². The first kappa shape index (κ1) is 16.6. The molecular weight excluding hydrogens is 298 g/mol. The van der Waals surface area contributed by atoms with E-state index in [0.29, 0.717) is 29.1 Å². The van der Waals surface area contributed by atoms with E-state index in [0.717, 1.165) is 0 Å². The van der Waals surface area contributed by atoms with Crippen LogP contribution in [-0.4, -0.2) is 52.0 Å². The van der Waals surface area contributed by atoms with Gasteiger partial charge in [0.2, 0.25) is 5.91 Å². The van der Waals surface area contributed by atoms with Crippen molar-refractivity contribution in [3.63, 3.8) is 0 Å². The van der Waals surface area contributed by atoms with Gasteiger partial charge in [0.25, 0.3) is 0 Å². The Balaban J connectivity index is 2.44. The largest absolute Gasteiger partial charge is 0.480 e. The maximum absolute atomic E-state index is 11.3. The minimum absolute atomic E-state index is 0.323. The number of amides is 1. The zero-order chi connectivity index (χ0) is 17.0. The Kier molecular flexibility index (Phi) is 5.07. The highest BCUT2D eigenvalue weighted by Gasteiger charge is 2.21. The molecular formula is C15H19N5O3. The Morgan fingerprint density at radius 1 is 1.30 bits per heavy atom. The van der Waals surface area contributed by atoms with Crippen LogP contribution in [0.15, 0.2) is 24.3 Å². The number of primary amides is 1. The predicted octanol–water partition coefficient (Wildman–Crippen LogP) is 0.432. The molecule has 0 spiro atoms. The fourth-order valence-corrected chi connectivity index (χ4v) is 2.15. The number of para-hydroxylation sites is 1. The Hall–Kier alpha value is -2.74. The molecule has 0 aliphatic rings. The standard InChI is InChI=1S/C15H19N5O3/c1-20(2)8-13-17-10-6-4-3-5-9(10)14(19-13)18-11(15(22)23)7-12(16)21/h3-6,11H,7-8H2,1-2H3,(H2,16,21)(H,22,23)(H,17,18,19). The van der Waals surface area contributed by atoms with Crippen molar-refractivity contribution in [3.05, 3.63) is 30.1 Å². The van der Waals surface area contributed by atoms with E-state index in [4.69, 9.17) is 5.73 Å². The number of hydrogen-bond donors (Lipinski definition) is 3.